The Bertz CT molecular complexity index is 1450. The van der Waals surface area contributed by atoms with Crippen molar-refractivity contribution in [2.75, 3.05) is 11.4 Å². The van der Waals surface area contributed by atoms with Crippen molar-refractivity contribution in [3.8, 4) is 11.4 Å². The molecule has 196 valence electrons. The minimum atomic E-state index is -4.79. The van der Waals surface area contributed by atoms with E-state index in [2.05, 4.69) is 20.7 Å². The van der Waals surface area contributed by atoms with E-state index in [1.165, 1.54) is 24.3 Å². The number of alkyl halides is 3. The number of carbonyl (C=O) groups excluding carboxylic acids is 2. The lowest BCUT2D eigenvalue weighted by molar-refractivity contribution is -0.137. The van der Waals surface area contributed by atoms with Crippen LogP contribution in [0.1, 0.15) is 11.1 Å². The first-order valence-electron chi connectivity index (χ1n) is 11.1. The van der Waals surface area contributed by atoms with Crippen LogP contribution in [0.25, 0.3) is 11.4 Å². The molecule has 0 atom stereocenters. The third-order valence-electron chi connectivity index (χ3n) is 5.35. The number of hydrogen-bond acceptors (Lipinski definition) is 5. The standard InChI is InChI=1S/C25H19ClF4N6O2/c26-20-11-10-17(12-19(20)25(28,29)30)35(14-22(37)31-13-16-6-2-1-3-7-16)23(38)15-36-33-24(32-34-36)18-8-4-5-9-21(18)27/h1-12H,13-15H2,(H,31,37). The smallest absolute Gasteiger partial charge is 0.350 e. The Kier molecular flexibility index (Phi) is 8.01. The zero-order valence-corrected chi connectivity index (χ0v) is 20.2. The molecule has 0 fully saturated rings. The van der Waals surface area contributed by atoms with E-state index in [1.54, 1.807) is 36.4 Å². The van der Waals surface area contributed by atoms with Gasteiger partial charge < -0.3 is 10.2 Å². The topological polar surface area (TPSA) is 93.0 Å². The maximum Gasteiger partial charge on any atom is 0.417 e. The van der Waals surface area contributed by atoms with Gasteiger partial charge in [-0.05, 0) is 41.1 Å². The van der Waals surface area contributed by atoms with Crippen LogP contribution in [0.4, 0.5) is 23.2 Å². The number of amides is 2. The zero-order valence-electron chi connectivity index (χ0n) is 19.5. The Morgan fingerprint density at radius 1 is 1.00 bits per heavy atom. The number of benzene rings is 3. The third-order valence-corrected chi connectivity index (χ3v) is 5.68. The fraction of sp³-hybridized carbons (Fsp3) is 0.160. The van der Waals surface area contributed by atoms with E-state index in [0.717, 1.165) is 21.3 Å². The molecule has 4 rings (SSSR count). The van der Waals surface area contributed by atoms with Gasteiger partial charge in [-0.15, -0.1) is 10.2 Å². The highest BCUT2D eigenvalue weighted by Gasteiger charge is 2.34. The van der Waals surface area contributed by atoms with Gasteiger partial charge in [-0.3, -0.25) is 9.59 Å². The normalized spacial score (nSPS) is 11.3. The lowest BCUT2D eigenvalue weighted by Crippen LogP contribution is -2.42. The fourth-order valence-electron chi connectivity index (χ4n) is 3.48. The van der Waals surface area contributed by atoms with Gasteiger partial charge in [-0.2, -0.15) is 18.0 Å². The average Bonchev–Trinajstić information content (AvgIpc) is 3.34. The second-order valence-corrected chi connectivity index (χ2v) is 8.43. The minimum absolute atomic E-state index is 0.0517. The summed E-state index contributed by atoms with van der Waals surface area (Å²) >= 11 is 5.73. The Morgan fingerprint density at radius 2 is 1.71 bits per heavy atom. The van der Waals surface area contributed by atoms with E-state index in [4.69, 9.17) is 11.6 Å². The van der Waals surface area contributed by atoms with Crippen LogP contribution in [0.5, 0.6) is 0 Å². The molecule has 0 saturated carbocycles. The van der Waals surface area contributed by atoms with Gasteiger partial charge in [0.15, 0.2) is 0 Å². The highest BCUT2D eigenvalue weighted by molar-refractivity contribution is 6.31. The SMILES string of the molecule is O=C(CN(C(=O)Cn1nnc(-c2ccccc2F)n1)c1ccc(Cl)c(C(F)(F)F)c1)NCc1ccccc1. The Morgan fingerprint density at radius 3 is 2.42 bits per heavy atom. The van der Waals surface area contributed by atoms with Gasteiger partial charge in [-0.25, -0.2) is 4.39 Å². The van der Waals surface area contributed by atoms with Gasteiger partial charge >= 0.3 is 6.18 Å². The van der Waals surface area contributed by atoms with Crippen LogP contribution >= 0.6 is 11.6 Å². The van der Waals surface area contributed by atoms with E-state index < -0.39 is 47.5 Å². The van der Waals surface area contributed by atoms with Crippen LogP contribution in [0.3, 0.4) is 0 Å². The molecule has 1 aromatic heterocycles. The first-order chi connectivity index (χ1) is 18.1. The second kappa shape index (κ2) is 11.4. The van der Waals surface area contributed by atoms with Gasteiger partial charge in [0.25, 0.3) is 5.91 Å². The van der Waals surface area contributed by atoms with Crippen molar-refractivity contribution >= 4 is 29.1 Å². The quantitative estimate of drug-likeness (QED) is 0.329. The number of halogens is 5. The van der Waals surface area contributed by atoms with E-state index in [1.807, 2.05) is 0 Å². The molecule has 0 radical (unpaired) electrons. The van der Waals surface area contributed by atoms with Crippen molar-refractivity contribution in [1.29, 1.82) is 0 Å². The lowest BCUT2D eigenvalue weighted by Gasteiger charge is -2.23. The molecule has 3 aromatic carbocycles. The number of aromatic nitrogens is 4. The van der Waals surface area contributed by atoms with E-state index >= 15 is 0 Å². The Hall–Kier alpha value is -4.32. The Balaban J connectivity index is 1.58. The van der Waals surface area contributed by atoms with Crippen LogP contribution < -0.4 is 10.2 Å². The maximum absolute atomic E-state index is 14.1. The number of nitrogens with zero attached hydrogens (tertiary/aromatic N) is 5. The van der Waals surface area contributed by atoms with Crippen molar-refractivity contribution in [3.05, 3.63) is 94.8 Å². The molecule has 0 spiro atoms. The summed E-state index contributed by atoms with van der Waals surface area (Å²) in [6.45, 7) is -1.04. The fourth-order valence-corrected chi connectivity index (χ4v) is 3.71. The molecule has 0 saturated heterocycles. The summed E-state index contributed by atoms with van der Waals surface area (Å²) in [5, 5.41) is 13.5. The number of rotatable bonds is 8. The molecule has 0 aliphatic heterocycles. The van der Waals surface area contributed by atoms with Gasteiger partial charge in [0.1, 0.15) is 18.9 Å². The van der Waals surface area contributed by atoms with Crippen molar-refractivity contribution < 1.29 is 27.2 Å². The van der Waals surface area contributed by atoms with Gasteiger partial charge in [0, 0.05) is 12.2 Å². The van der Waals surface area contributed by atoms with Gasteiger partial charge in [-0.1, -0.05) is 54.1 Å². The second-order valence-electron chi connectivity index (χ2n) is 8.03. The molecule has 38 heavy (non-hydrogen) atoms. The summed E-state index contributed by atoms with van der Waals surface area (Å²) in [7, 11) is 0. The molecular formula is C25H19ClF4N6O2. The zero-order chi connectivity index (χ0) is 27.3. The number of nitrogens with one attached hydrogen (secondary N) is 1. The highest BCUT2D eigenvalue weighted by Crippen LogP contribution is 2.37. The van der Waals surface area contributed by atoms with Gasteiger partial charge in [0.2, 0.25) is 11.7 Å². The number of tetrazole rings is 1. The number of hydrogen-bond donors (Lipinski definition) is 1. The van der Waals surface area contributed by atoms with Crippen molar-refractivity contribution in [3.63, 3.8) is 0 Å². The van der Waals surface area contributed by atoms with Crippen molar-refractivity contribution in [2.45, 2.75) is 19.3 Å². The van der Waals surface area contributed by atoms with Crippen LogP contribution in [0.2, 0.25) is 5.02 Å². The van der Waals surface area contributed by atoms with Gasteiger partial charge in [0.05, 0.1) is 16.1 Å². The summed E-state index contributed by atoms with van der Waals surface area (Å²) < 4.78 is 54.5. The Labute approximate surface area is 218 Å². The van der Waals surface area contributed by atoms with E-state index in [0.29, 0.717) is 6.07 Å². The predicted molar refractivity (Wildman–Crippen MR) is 130 cm³/mol. The van der Waals surface area contributed by atoms with Crippen LogP contribution in [0.15, 0.2) is 72.8 Å². The lowest BCUT2D eigenvalue weighted by atomic mass is 10.1. The molecule has 0 bridgehead atoms. The molecule has 2 amide bonds. The summed E-state index contributed by atoms with van der Waals surface area (Å²) in [6, 6.07) is 17.5. The molecule has 0 aliphatic carbocycles. The largest absolute Gasteiger partial charge is 0.417 e. The van der Waals surface area contributed by atoms with Crippen molar-refractivity contribution in [1.82, 2.24) is 25.5 Å². The van der Waals surface area contributed by atoms with Crippen LogP contribution in [0, 0.1) is 5.82 Å². The summed E-state index contributed by atoms with van der Waals surface area (Å²) in [5.41, 5.74) is -0.538. The number of carbonyl (C=O) groups is 2. The molecule has 8 nitrogen and oxygen atoms in total. The summed E-state index contributed by atoms with van der Waals surface area (Å²) in [4.78, 5) is 27.6. The third kappa shape index (κ3) is 6.51. The van der Waals surface area contributed by atoms with Crippen LogP contribution in [-0.2, 0) is 28.9 Å². The highest BCUT2D eigenvalue weighted by atomic mass is 35.5. The first kappa shape index (κ1) is 26.7. The first-order valence-corrected chi connectivity index (χ1v) is 11.5. The molecule has 4 aromatic rings. The number of anilines is 1. The van der Waals surface area contributed by atoms with Crippen LogP contribution in [-0.4, -0.2) is 38.6 Å². The molecule has 1 N–H and O–H groups in total. The van der Waals surface area contributed by atoms with E-state index in [9.17, 15) is 27.2 Å². The van der Waals surface area contributed by atoms with E-state index in [-0.39, 0.29) is 23.6 Å². The average molecular weight is 547 g/mol. The van der Waals surface area contributed by atoms with Crippen molar-refractivity contribution in [2.24, 2.45) is 0 Å². The molecule has 0 aliphatic rings. The molecule has 13 heteroatoms. The summed E-state index contributed by atoms with van der Waals surface area (Å²) in [6.07, 6.45) is -4.79. The molecule has 0 unspecified atom stereocenters. The molecule has 1 heterocycles. The molecular weight excluding hydrogens is 528 g/mol. The predicted octanol–water partition coefficient (Wildman–Crippen LogP) is 4.50. The minimum Gasteiger partial charge on any atom is -0.350 e. The maximum atomic E-state index is 14.1. The monoisotopic (exact) mass is 546 g/mol. The summed E-state index contributed by atoms with van der Waals surface area (Å²) in [5.74, 6) is -2.12.